The molecule has 0 atom stereocenters. The van der Waals surface area contributed by atoms with Gasteiger partial charge in [-0.2, -0.15) is 0 Å². The first-order valence-corrected chi connectivity index (χ1v) is 5.39. The van der Waals surface area contributed by atoms with Crippen LogP contribution < -0.4 is 4.74 Å². The summed E-state index contributed by atoms with van der Waals surface area (Å²) < 4.78 is 18.4. The molecule has 3 heteroatoms. The second-order valence-electron chi connectivity index (χ2n) is 3.99. The molecule has 0 spiro atoms. The Morgan fingerprint density at radius 1 is 1.12 bits per heavy atom. The van der Waals surface area contributed by atoms with Crippen molar-refractivity contribution in [2.24, 2.45) is 0 Å². The molecule has 2 aromatic rings. The van der Waals surface area contributed by atoms with Gasteiger partial charge in [-0.25, -0.2) is 4.39 Å². The Labute approximate surface area is 100 Å². The van der Waals surface area contributed by atoms with E-state index in [1.165, 1.54) is 12.1 Å². The van der Waals surface area contributed by atoms with Crippen LogP contribution in [0.4, 0.5) is 4.39 Å². The summed E-state index contributed by atoms with van der Waals surface area (Å²) in [5.41, 5.74) is 3.88. The molecule has 0 aliphatic rings. The van der Waals surface area contributed by atoms with Crippen molar-refractivity contribution in [3.63, 3.8) is 0 Å². The number of rotatable bonds is 2. The number of ether oxygens (including phenoxy) is 1. The number of benzene rings is 1. The first-order chi connectivity index (χ1) is 8.11. The highest BCUT2D eigenvalue weighted by molar-refractivity contribution is 5.73. The van der Waals surface area contributed by atoms with Crippen molar-refractivity contribution in [3.05, 3.63) is 47.5 Å². The Morgan fingerprint density at radius 3 is 2.59 bits per heavy atom. The molecule has 0 aliphatic carbocycles. The molecule has 0 fully saturated rings. The quantitative estimate of drug-likeness (QED) is 0.789. The molecule has 0 radical (unpaired) electrons. The van der Waals surface area contributed by atoms with Crippen molar-refractivity contribution in [3.8, 4) is 16.9 Å². The van der Waals surface area contributed by atoms with Gasteiger partial charge in [0.25, 0.3) is 0 Å². The summed E-state index contributed by atoms with van der Waals surface area (Å²) >= 11 is 0. The number of aryl methyl sites for hydroxylation is 2. The van der Waals surface area contributed by atoms with Crippen molar-refractivity contribution in [2.45, 2.75) is 13.8 Å². The summed E-state index contributed by atoms with van der Waals surface area (Å²) in [6, 6.07) is 6.54. The fourth-order valence-electron chi connectivity index (χ4n) is 1.81. The molecule has 2 nitrogen and oxygen atoms in total. The summed E-state index contributed by atoms with van der Waals surface area (Å²) in [6.45, 7) is 3.91. The molecule has 0 unspecified atom stereocenters. The molecule has 88 valence electrons. The third-order valence-electron chi connectivity index (χ3n) is 2.69. The number of methoxy groups -OCH3 is 1. The van der Waals surface area contributed by atoms with Crippen LogP contribution in [0.25, 0.3) is 11.1 Å². The van der Waals surface area contributed by atoms with E-state index in [4.69, 9.17) is 4.74 Å². The van der Waals surface area contributed by atoms with E-state index in [-0.39, 0.29) is 5.82 Å². The van der Waals surface area contributed by atoms with Gasteiger partial charge in [0.15, 0.2) is 0 Å². The van der Waals surface area contributed by atoms with Crippen LogP contribution in [0.2, 0.25) is 0 Å². The maximum absolute atomic E-state index is 13.1. The normalized spacial score (nSPS) is 10.4. The predicted octanol–water partition coefficient (Wildman–Crippen LogP) is 3.51. The van der Waals surface area contributed by atoms with Gasteiger partial charge < -0.3 is 4.74 Å². The largest absolute Gasteiger partial charge is 0.496 e. The third kappa shape index (κ3) is 2.28. The van der Waals surface area contributed by atoms with Crippen molar-refractivity contribution in [1.82, 2.24) is 4.98 Å². The molecule has 0 bridgehead atoms. The highest BCUT2D eigenvalue weighted by atomic mass is 19.1. The lowest BCUT2D eigenvalue weighted by Gasteiger charge is -2.11. The lowest BCUT2D eigenvalue weighted by molar-refractivity contribution is 0.413. The van der Waals surface area contributed by atoms with Gasteiger partial charge >= 0.3 is 0 Å². The van der Waals surface area contributed by atoms with Gasteiger partial charge in [0.05, 0.1) is 7.11 Å². The molecule has 2 rings (SSSR count). The minimum absolute atomic E-state index is 0.297. The van der Waals surface area contributed by atoms with Gasteiger partial charge in [0.2, 0.25) is 0 Å². The van der Waals surface area contributed by atoms with E-state index in [0.29, 0.717) is 5.75 Å². The van der Waals surface area contributed by atoms with E-state index in [2.05, 4.69) is 4.98 Å². The lowest BCUT2D eigenvalue weighted by atomic mass is 10.0. The van der Waals surface area contributed by atoms with Crippen molar-refractivity contribution in [1.29, 1.82) is 0 Å². The number of hydrogen-bond acceptors (Lipinski definition) is 2. The number of aromatic nitrogens is 1. The van der Waals surface area contributed by atoms with Crippen LogP contribution in [0.5, 0.6) is 5.75 Å². The number of halogens is 1. The third-order valence-corrected chi connectivity index (χ3v) is 2.69. The zero-order chi connectivity index (χ0) is 12.4. The molecule has 1 aromatic heterocycles. The molecular weight excluding hydrogens is 217 g/mol. The van der Waals surface area contributed by atoms with Gasteiger partial charge in [-0.05, 0) is 43.2 Å². The smallest absolute Gasteiger partial charge is 0.129 e. The fourth-order valence-corrected chi connectivity index (χ4v) is 1.81. The highest BCUT2D eigenvalue weighted by Gasteiger charge is 2.10. The van der Waals surface area contributed by atoms with Crippen LogP contribution in [0.15, 0.2) is 30.5 Å². The maximum Gasteiger partial charge on any atom is 0.129 e. The minimum atomic E-state index is -0.297. The molecule has 0 saturated heterocycles. The number of hydrogen-bond donors (Lipinski definition) is 0. The Hall–Kier alpha value is -1.90. The van der Waals surface area contributed by atoms with Crippen LogP contribution in [0.3, 0.4) is 0 Å². The van der Waals surface area contributed by atoms with Gasteiger partial charge in [-0.15, -0.1) is 0 Å². The average Bonchev–Trinajstić information content (AvgIpc) is 2.32. The standard InChI is InChI=1S/C14H14FNO/c1-9-8-16-10(2)6-13(9)12-5-4-11(15)7-14(12)17-3/h4-8H,1-3H3. The highest BCUT2D eigenvalue weighted by Crippen LogP contribution is 2.32. The zero-order valence-corrected chi connectivity index (χ0v) is 10.1. The van der Waals surface area contributed by atoms with E-state index in [1.54, 1.807) is 13.2 Å². The molecule has 17 heavy (non-hydrogen) atoms. The zero-order valence-electron chi connectivity index (χ0n) is 10.1. The first-order valence-electron chi connectivity index (χ1n) is 5.39. The van der Waals surface area contributed by atoms with Gasteiger partial charge in [0.1, 0.15) is 11.6 Å². The van der Waals surface area contributed by atoms with E-state index in [9.17, 15) is 4.39 Å². The van der Waals surface area contributed by atoms with Crippen LogP contribution in [0, 0.1) is 19.7 Å². The summed E-state index contributed by atoms with van der Waals surface area (Å²) in [7, 11) is 1.54. The van der Waals surface area contributed by atoms with E-state index in [0.717, 1.165) is 22.4 Å². The second-order valence-corrected chi connectivity index (χ2v) is 3.99. The molecular formula is C14H14FNO. The summed E-state index contributed by atoms with van der Waals surface area (Å²) in [5, 5.41) is 0. The minimum Gasteiger partial charge on any atom is -0.496 e. The van der Waals surface area contributed by atoms with Crippen LogP contribution in [0.1, 0.15) is 11.3 Å². The number of nitrogens with zero attached hydrogens (tertiary/aromatic N) is 1. The maximum atomic E-state index is 13.1. The topological polar surface area (TPSA) is 22.1 Å². The van der Waals surface area contributed by atoms with Crippen molar-refractivity contribution >= 4 is 0 Å². The first kappa shape index (κ1) is 11.6. The number of pyridine rings is 1. The predicted molar refractivity (Wildman–Crippen MR) is 65.7 cm³/mol. The summed E-state index contributed by atoms with van der Waals surface area (Å²) in [6.07, 6.45) is 1.81. The Morgan fingerprint density at radius 2 is 1.88 bits per heavy atom. The van der Waals surface area contributed by atoms with Crippen molar-refractivity contribution in [2.75, 3.05) is 7.11 Å². The average molecular weight is 231 g/mol. The SMILES string of the molecule is COc1cc(F)ccc1-c1cc(C)ncc1C. The molecule has 0 amide bonds. The second kappa shape index (κ2) is 4.53. The fraction of sp³-hybridized carbons (Fsp3) is 0.214. The molecule has 1 heterocycles. The molecule has 0 saturated carbocycles. The van der Waals surface area contributed by atoms with Crippen LogP contribution in [-0.4, -0.2) is 12.1 Å². The van der Waals surface area contributed by atoms with E-state index < -0.39 is 0 Å². The Bertz CT molecular complexity index is 552. The van der Waals surface area contributed by atoms with Gasteiger partial charge in [0, 0.05) is 23.5 Å². The lowest BCUT2D eigenvalue weighted by Crippen LogP contribution is -1.93. The van der Waals surface area contributed by atoms with Gasteiger partial charge in [-0.3, -0.25) is 4.98 Å². The molecule has 0 N–H and O–H groups in total. The molecule has 1 aromatic carbocycles. The van der Waals surface area contributed by atoms with Crippen LogP contribution >= 0.6 is 0 Å². The van der Waals surface area contributed by atoms with Crippen LogP contribution in [-0.2, 0) is 0 Å². The summed E-state index contributed by atoms with van der Waals surface area (Å²) in [5.74, 6) is 0.243. The van der Waals surface area contributed by atoms with E-state index in [1.807, 2.05) is 26.1 Å². The van der Waals surface area contributed by atoms with Gasteiger partial charge in [-0.1, -0.05) is 0 Å². The Balaban J connectivity index is 2.63. The monoisotopic (exact) mass is 231 g/mol. The van der Waals surface area contributed by atoms with Crippen molar-refractivity contribution < 1.29 is 9.13 Å². The molecule has 0 aliphatic heterocycles. The summed E-state index contributed by atoms with van der Waals surface area (Å²) in [4.78, 5) is 4.22. The van der Waals surface area contributed by atoms with E-state index >= 15 is 0 Å². The Kier molecular flexibility index (Phi) is 3.09.